The van der Waals surface area contributed by atoms with E-state index in [1.54, 1.807) is 30.4 Å². The lowest BCUT2D eigenvalue weighted by atomic mass is 10.0. The highest BCUT2D eigenvalue weighted by atomic mass is 35.5. The Kier molecular flexibility index (Phi) is 11.2. The van der Waals surface area contributed by atoms with Gasteiger partial charge in [0.2, 0.25) is 0 Å². The van der Waals surface area contributed by atoms with Crippen LogP contribution in [0.1, 0.15) is 47.7 Å². The van der Waals surface area contributed by atoms with Gasteiger partial charge in [-0.3, -0.25) is 14.4 Å². The number of ketones is 1. The topological polar surface area (TPSA) is 129 Å². The number of ether oxygens (including phenoxy) is 4. The molecule has 0 saturated carbocycles. The molecule has 0 aliphatic rings. The molecule has 0 bridgehead atoms. The van der Waals surface area contributed by atoms with E-state index < -0.39 is 23.8 Å². The van der Waals surface area contributed by atoms with Crippen molar-refractivity contribution in [3.63, 3.8) is 0 Å². The van der Waals surface area contributed by atoms with Gasteiger partial charge < -0.3 is 29.2 Å². The lowest BCUT2D eigenvalue weighted by molar-refractivity contribution is -0.142. The van der Waals surface area contributed by atoms with Crippen molar-refractivity contribution in [3.05, 3.63) is 44.1 Å². The van der Waals surface area contributed by atoms with Crippen LogP contribution in [0.3, 0.4) is 0 Å². The monoisotopic (exact) mass is 682 g/mol. The Balaban J connectivity index is 1.42. The summed E-state index contributed by atoms with van der Waals surface area (Å²) in [5.41, 5.74) is 0. The smallest absolute Gasteiger partial charge is 0.306 e. The van der Waals surface area contributed by atoms with Crippen molar-refractivity contribution in [1.82, 2.24) is 0 Å². The lowest BCUT2D eigenvalue weighted by Gasteiger charge is -2.15. The van der Waals surface area contributed by atoms with Gasteiger partial charge in [0.05, 0.1) is 54.2 Å². The minimum absolute atomic E-state index is 0.109. The molecule has 0 amide bonds. The van der Waals surface area contributed by atoms with Crippen molar-refractivity contribution < 1.29 is 43.5 Å². The summed E-state index contributed by atoms with van der Waals surface area (Å²) in [5.74, 6) is -1.70. The summed E-state index contributed by atoms with van der Waals surface area (Å²) in [7, 11) is 3.03. The summed E-state index contributed by atoms with van der Waals surface area (Å²) in [4.78, 5) is 36.4. The van der Waals surface area contributed by atoms with Gasteiger partial charge in [0.15, 0.2) is 28.8 Å². The molecule has 0 saturated heterocycles. The second kappa shape index (κ2) is 14.7. The van der Waals surface area contributed by atoms with Crippen LogP contribution in [-0.2, 0) is 16.0 Å². The number of thiophene rings is 2. The third-order valence-electron chi connectivity index (χ3n) is 7.07. The highest BCUT2D eigenvalue weighted by Crippen LogP contribution is 2.46. The molecule has 2 N–H and O–H groups in total. The van der Waals surface area contributed by atoms with Crippen LogP contribution in [0.25, 0.3) is 20.2 Å². The van der Waals surface area contributed by atoms with Gasteiger partial charge in [-0.1, -0.05) is 37.0 Å². The van der Waals surface area contributed by atoms with Gasteiger partial charge in [0.25, 0.3) is 0 Å². The third kappa shape index (κ3) is 7.51. The maximum absolute atomic E-state index is 12.7. The van der Waals surface area contributed by atoms with Crippen LogP contribution in [0.15, 0.2) is 24.3 Å². The zero-order valence-electron chi connectivity index (χ0n) is 24.5. The number of hydrogen-bond acceptors (Lipinski definition) is 9. The van der Waals surface area contributed by atoms with E-state index in [1.807, 2.05) is 12.1 Å². The number of rotatable bonds is 16. The van der Waals surface area contributed by atoms with Gasteiger partial charge in [-0.15, -0.1) is 22.7 Å². The summed E-state index contributed by atoms with van der Waals surface area (Å²) in [6.45, 7) is 3.68. The molecule has 9 nitrogen and oxygen atoms in total. The molecule has 2 aromatic carbocycles. The molecule has 0 spiro atoms. The van der Waals surface area contributed by atoms with E-state index in [1.165, 1.54) is 32.5 Å². The highest BCUT2D eigenvalue weighted by Gasteiger charge is 2.23. The highest BCUT2D eigenvalue weighted by molar-refractivity contribution is 7.21. The Bertz CT molecular complexity index is 1690. The summed E-state index contributed by atoms with van der Waals surface area (Å²) in [6, 6.07) is 7.23. The van der Waals surface area contributed by atoms with E-state index in [2.05, 4.69) is 0 Å². The van der Waals surface area contributed by atoms with Crippen LogP contribution in [0.2, 0.25) is 10.0 Å². The number of aryl methyl sites for hydroxylation is 1. The zero-order chi connectivity index (χ0) is 32.1. The number of benzene rings is 2. The summed E-state index contributed by atoms with van der Waals surface area (Å²) in [6.07, 6.45) is 1.52. The van der Waals surface area contributed by atoms with Crippen molar-refractivity contribution >= 4 is 83.8 Å². The van der Waals surface area contributed by atoms with Gasteiger partial charge >= 0.3 is 11.9 Å². The SMILES string of the molecule is COc1cc2sc(CCC(C)C(=O)O)cc2c(Cl)c1OCCCOc1c(OC)cc2sc(C(=O)CC(C)C(=O)O)cc2c1Cl. The third-order valence-corrected chi connectivity index (χ3v) is 10.1. The van der Waals surface area contributed by atoms with Crippen molar-refractivity contribution in [3.8, 4) is 23.0 Å². The van der Waals surface area contributed by atoms with E-state index in [0.717, 1.165) is 19.7 Å². The quantitative estimate of drug-likeness (QED) is 0.0886. The average Bonchev–Trinajstić information content (AvgIpc) is 3.61. The minimum atomic E-state index is -1.03. The molecule has 4 aromatic rings. The van der Waals surface area contributed by atoms with Gasteiger partial charge in [-0.25, -0.2) is 0 Å². The first kappa shape index (κ1) is 33.6. The number of carboxylic acids is 2. The molecule has 13 heteroatoms. The number of aliphatic carboxylic acids is 2. The van der Waals surface area contributed by atoms with Crippen LogP contribution in [0.4, 0.5) is 0 Å². The number of halogens is 2. The maximum Gasteiger partial charge on any atom is 0.306 e. The van der Waals surface area contributed by atoms with Crippen molar-refractivity contribution in [2.75, 3.05) is 27.4 Å². The molecular weight excluding hydrogens is 651 g/mol. The molecule has 44 heavy (non-hydrogen) atoms. The fourth-order valence-corrected chi connectivity index (χ4v) is 7.32. The van der Waals surface area contributed by atoms with Crippen molar-refractivity contribution in [1.29, 1.82) is 0 Å². The fraction of sp³-hybridized carbons (Fsp3) is 0.387. The molecule has 2 unspecified atom stereocenters. The molecule has 2 heterocycles. The molecule has 0 aliphatic heterocycles. The molecule has 0 aliphatic carbocycles. The van der Waals surface area contributed by atoms with E-state index in [4.69, 9.17) is 47.3 Å². The maximum atomic E-state index is 12.7. The standard InChI is InChI=1S/C31H32Cl2O9S2/c1-15(30(35)36)6-7-17-11-18-23(43-17)13-21(39-3)28(26(18)32)41-8-5-9-42-29-22(40-4)14-24-19(27(29)33)12-25(44-24)20(34)10-16(2)31(37)38/h11-16H,5-10H2,1-4H3,(H,35,36)(H,37,38). The van der Waals surface area contributed by atoms with Gasteiger partial charge in [0, 0.05) is 50.0 Å². The van der Waals surface area contributed by atoms with E-state index in [9.17, 15) is 19.5 Å². The van der Waals surface area contributed by atoms with Gasteiger partial charge in [-0.05, 0) is 25.0 Å². The normalized spacial score (nSPS) is 12.7. The zero-order valence-corrected chi connectivity index (χ0v) is 27.7. The van der Waals surface area contributed by atoms with E-state index in [0.29, 0.717) is 62.6 Å². The van der Waals surface area contributed by atoms with Crippen LogP contribution >= 0.6 is 45.9 Å². The first-order valence-corrected chi connectivity index (χ1v) is 16.2. The Morgan fingerprint density at radius 1 is 0.795 bits per heavy atom. The lowest BCUT2D eigenvalue weighted by Crippen LogP contribution is -2.13. The molecule has 4 rings (SSSR count). The van der Waals surface area contributed by atoms with Crippen LogP contribution in [-0.4, -0.2) is 55.4 Å². The summed E-state index contributed by atoms with van der Waals surface area (Å²) in [5, 5.41) is 20.5. The predicted molar refractivity (Wildman–Crippen MR) is 173 cm³/mol. The molecule has 2 aromatic heterocycles. The molecule has 0 radical (unpaired) electrons. The van der Waals surface area contributed by atoms with Crippen molar-refractivity contribution in [2.45, 2.75) is 39.5 Å². The number of carboxylic acid groups (broad SMARTS) is 2. The number of carbonyl (C=O) groups excluding carboxylic acids is 1. The van der Waals surface area contributed by atoms with Crippen LogP contribution in [0, 0.1) is 11.8 Å². The first-order valence-electron chi connectivity index (χ1n) is 13.8. The first-order chi connectivity index (χ1) is 20.9. The molecule has 0 fully saturated rings. The van der Waals surface area contributed by atoms with E-state index in [-0.39, 0.29) is 25.4 Å². The molecular formula is C31H32Cl2O9S2. The van der Waals surface area contributed by atoms with Crippen LogP contribution in [0.5, 0.6) is 23.0 Å². The Hall–Kier alpha value is -3.25. The van der Waals surface area contributed by atoms with Crippen LogP contribution < -0.4 is 18.9 Å². The summed E-state index contributed by atoms with van der Waals surface area (Å²) >= 11 is 16.2. The van der Waals surface area contributed by atoms with Gasteiger partial charge in [-0.2, -0.15) is 0 Å². The Morgan fingerprint density at radius 2 is 1.32 bits per heavy atom. The number of hydrogen-bond donors (Lipinski definition) is 2. The Morgan fingerprint density at radius 3 is 1.84 bits per heavy atom. The predicted octanol–water partition coefficient (Wildman–Crippen LogP) is 8.23. The minimum Gasteiger partial charge on any atom is -0.493 e. The Labute approximate surface area is 272 Å². The molecule has 2 atom stereocenters. The number of carbonyl (C=O) groups is 3. The second-order valence-electron chi connectivity index (χ2n) is 10.3. The van der Waals surface area contributed by atoms with Gasteiger partial charge in [0.1, 0.15) is 0 Å². The van der Waals surface area contributed by atoms with Crippen molar-refractivity contribution in [2.24, 2.45) is 11.8 Å². The fourth-order valence-electron chi connectivity index (χ4n) is 4.44. The van der Waals surface area contributed by atoms with E-state index >= 15 is 0 Å². The number of Topliss-reactive ketones (excluding diaryl/α,β-unsaturated/α-hetero) is 1. The number of fused-ring (bicyclic) bond motifs is 2. The summed E-state index contributed by atoms with van der Waals surface area (Å²) < 4.78 is 24.7. The largest absolute Gasteiger partial charge is 0.493 e. The molecule has 236 valence electrons. The second-order valence-corrected chi connectivity index (χ2v) is 13.3. The number of methoxy groups -OCH3 is 2. The average molecular weight is 684 g/mol.